The fourth-order valence-corrected chi connectivity index (χ4v) is 2.77. The van der Waals surface area contributed by atoms with Crippen LogP contribution in [-0.2, 0) is 10.9 Å². The Morgan fingerprint density at radius 3 is 2.48 bits per heavy atom. The maximum Gasteiger partial charge on any atom is 0.434 e. The number of nitro benzene ring substituents is 1. The maximum absolute atomic E-state index is 13.7. The highest BCUT2D eigenvalue weighted by Gasteiger charge is 2.41. The summed E-state index contributed by atoms with van der Waals surface area (Å²) in [5, 5.41) is 15.2. The van der Waals surface area contributed by atoms with Crippen molar-refractivity contribution in [3.8, 4) is 5.69 Å². The quantitative estimate of drug-likeness (QED) is 0.386. The molecule has 0 saturated carbocycles. The van der Waals surface area contributed by atoms with Gasteiger partial charge in [-0.1, -0.05) is 18.2 Å². The molecule has 3 rings (SSSR count). The third kappa shape index (κ3) is 3.21. The van der Waals surface area contributed by atoms with E-state index in [-0.39, 0.29) is 28.8 Å². The fourth-order valence-electron chi connectivity index (χ4n) is 2.77. The highest BCUT2D eigenvalue weighted by atomic mass is 19.4. The Labute approximate surface area is 150 Å². The third-order valence-electron chi connectivity index (χ3n) is 3.84. The van der Waals surface area contributed by atoms with Crippen molar-refractivity contribution in [3.63, 3.8) is 0 Å². The molecule has 0 spiro atoms. The van der Waals surface area contributed by atoms with Gasteiger partial charge in [-0.15, -0.1) is 0 Å². The molecule has 0 bridgehead atoms. The fraction of sp³-hybridized carbons (Fsp3) is 0.176. The lowest BCUT2D eigenvalue weighted by Crippen LogP contribution is -2.18. The van der Waals surface area contributed by atoms with E-state index in [1.54, 1.807) is 6.07 Å². The van der Waals surface area contributed by atoms with Crippen LogP contribution in [-0.4, -0.2) is 27.3 Å². The highest BCUT2D eigenvalue weighted by Crippen LogP contribution is 2.37. The van der Waals surface area contributed by atoms with E-state index >= 15 is 0 Å². The molecule has 1 heterocycles. The van der Waals surface area contributed by atoms with Crippen molar-refractivity contribution in [2.75, 3.05) is 6.61 Å². The molecule has 0 aliphatic heterocycles. The molecule has 0 saturated heterocycles. The molecular formula is C17H12F3N3O4. The van der Waals surface area contributed by atoms with Crippen LogP contribution in [0.2, 0.25) is 0 Å². The molecule has 0 radical (unpaired) electrons. The topological polar surface area (TPSA) is 87.3 Å². The minimum atomic E-state index is -4.90. The lowest BCUT2D eigenvalue weighted by molar-refractivity contribution is -0.383. The molecule has 0 aliphatic carbocycles. The van der Waals surface area contributed by atoms with Gasteiger partial charge >= 0.3 is 12.1 Å². The van der Waals surface area contributed by atoms with Gasteiger partial charge in [-0.2, -0.15) is 18.3 Å². The summed E-state index contributed by atoms with van der Waals surface area (Å²) >= 11 is 0. The number of halogens is 3. The number of nitrogens with zero attached hydrogens (tertiary/aromatic N) is 3. The molecule has 3 aromatic rings. The number of fused-ring (bicyclic) bond motifs is 1. The Balaban J connectivity index is 2.31. The number of hydrogen-bond acceptors (Lipinski definition) is 5. The Morgan fingerprint density at radius 2 is 1.89 bits per heavy atom. The molecule has 140 valence electrons. The number of benzene rings is 2. The van der Waals surface area contributed by atoms with Crippen LogP contribution in [0.1, 0.15) is 23.0 Å². The standard InChI is InChI=1S/C17H12F3N3O4/c1-2-27-16(24)12-9-21-22(15(12)17(18,19)20)13-7-8-14(23(25)26)11-6-4-3-5-10(11)13/h3-9H,2H2,1H3. The molecule has 10 heteroatoms. The van der Waals surface area contributed by atoms with Gasteiger partial charge in [-0.3, -0.25) is 10.1 Å². The van der Waals surface area contributed by atoms with Crippen LogP contribution < -0.4 is 0 Å². The van der Waals surface area contributed by atoms with E-state index in [0.717, 1.165) is 18.3 Å². The van der Waals surface area contributed by atoms with E-state index in [1.165, 1.54) is 25.1 Å². The Hall–Kier alpha value is -3.43. The van der Waals surface area contributed by atoms with Crippen LogP contribution >= 0.6 is 0 Å². The normalized spacial score (nSPS) is 11.6. The summed E-state index contributed by atoms with van der Waals surface area (Å²) in [6.07, 6.45) is -4.13. The number of carbonyl (C=O) groups is 1. The average molecular weight is 379 g/mol. The minimum absolute atomic E-state index is 0.0425. The van der Waals surface area contributed by atoms with E-state index in [2.05, 4.69) is 9.84 Å². The van der Waals surface area contributed by atoms with Crippen LogP contribution in [0.15, 0.2) is 42.6 Å². The van der Waals surface area contributed by atoms with Gasteiger partial charge in [-0.25, -0.2) is 9.48 Å². The number of rotatable bonds is 4. The number of alkyl halides is 3. The van der Waals surface area contributed by atoms with Crippen LogP contribution in [0.3, 0.4) is 0 Å². The second-order valence-electron chi connectivity index (χ2n) is 5.44. The first kappa shape index (κ1) is 18.4. The summed E-state index contributed by atoms with van der Waals surface area (Å²) in [4.78, 5) is 22.5. The predicted molar refractivity (Wildman–Crippen MR) is 88.7 cm³/mol. The van der Waals surface area contributed by atoms with Gasteiger partial charge in [-0.05, 0) is 19.1 Å². The van der Waals surface area contributed by atoms with Gasteiger partial charge in [0.1, 0.15) is 5.56 Å². The van der Waals surface area contributed by atoms with Gasteiger partial charge in [0.05, 0.1) is 28.8 Å². The third-order valence-corrected chi connectivity index (χ3v) is 3.84. The molecule has 2 aromatic carbocycles. The molecule has 27 heavy (non-hydrogen) atoms. The van der Waals surface area contributed by atoms with Crippen molar-refractivity contribution in [3.05, 3.63) is 64.0 Å². The Kier molecular flexibility index (Phi) is 4.56. The SMILES string of the molecule is CCOC(=O)c1cnn(-c2ccc([N+](=O)[O-])c3ccccc23)c1C(F)(F)F. The van der Waals surface area contributed by atoms with Crippen molar-refractivity contribution in [1.29, 1.82) is 0 Å². The monoisotopic (exact) mass is 379 g/mol. The molecule has 0 N–H and O–H groups in total. The first-order valence-corrected chi connectivity index (χ1v) is 7.74. The van der Waals surface area contributed by atoms with E-state index in [0.29, 0.717) is 4.68 Å². The zero-order chi connectivity index (χ0) is 19.8. The van der Waals surface area contributed by atoms with Crippen molar-refractivity contribution < 1.29 is 27.6 Å². The summed E-state index contributed by atoms with van der Waals surface area (Å²) in [7, 11) is 0. The number of ether oxygens (including phenoxy) is 1. The number of non-ortho nitro benzene ring substituents is 1. The molecule has 7 nitrogen and oxygen atoms in total. The molecule has 0 amide bonds. The Morgan fingerprint density at radius 1 is 1.22 bits per heavy atom. The zero-order valence-electron chi connectivity index (χ0n) is 13.9. The van der Waals surface area contributed by atoms with E-state index in [4.69, 9.17) is 0 Å². The highest BCUT2D eigenvalue weighted by molar-refractivity contribution is 5.97. The van der Waals surface area contributed by atoms with Gasteiger partial charge < -0.3 is 4.74 Å². The van der Waals surface area contributed by atoms with E-state index < -0.39 is 28.3 Å². The first-order valence-electron chi connectivity index (χ1n) is 7.74. The summed E-state index contributed by atoms with van der Waals surface area (Å²) in [6.45, 7) is 1.38. The van der Waals surface area contributed by atoms with Crippen molar-refractivity contribution in [2.45, 2.75) is 13.1 Å². The molecule has 0 aliphatic rings. The predicted octanol–water partition coefficient (Wildman–Crippen LogP) is 4.13. The van der Waals surface area contributed by atoms with E-state index in [1.807, 2.05) is 0 Å². The number of hydrogen-bond donors (Lipinski definition) is 0. The summed E-state index contributed by atoms with van der Waals surface area (Å²) in [5.74, 6) is -1.15. The van der Waals surface area contributed by atoms with Gasteiger partial charge in [0.25, 0.3) is 5.69 Å². The molecule has 0 unspecified atom stereocenters. The smallest absolute Gasteiger partial charge is 0.434 e. The first-order chi connectivity index (χ1) is 12.8. The van der Waals surface area contributed by atoms with Crippen molar-refractivity contribution in [1.82, 2.24) is 9.78 Å². The second-order valence-corrected chi connectivity index (χ2v) is 5.44. The Bertz CT molecular complexity index is 1040. The van der Waals surface area contributed by atoms with Crippen LogP contribution in [0.4, 0.5) is 18.9 Å². The molecule has 0 atom stereocenters. The number of aromatic nitrogens is 2. The number of carbonyl (C=O) groups excluding carboxylic acids is 1. The van der Waals surface area contributed by atoms with Gasteiger partial charge in [0.15, 0.2) is 5.69 Å². The molecular weight excluding hydrogens is 367 g/mol. The van der Waals surface area contributed by atoms with Gasteiger partial charge in [0.2, 0.25) is 0 Å². The minimum Gasteiger partial charge on any atom is -0.462 e. The lowest BCUT2D eigenvalue weighted by Gasteiger charge is -2.14. The average Bonchev–Trinajstić information content (AvgIpc) is 3.06. The molecule has 1 aromatic heterocycles. The van der Waals surface area contributed by atoms with Crippen molar-refractivity contribution in [2.24, 2.45) is 0 Å². The lowest BCUT2D eigenvalue weighted by atomic mass is 10.1. The van der Waals surface area contributed by atoms with Crippen LogP contribution in [0, 0.1) is 10.1 Å². The maximum atomic E-state index is 13.7. The second kappa shape index (κ2) is 6.71. The summed E-state index contributed by atoms with van der Waals surface area (Å²) in [6, 6.07) is 8.22. The summed E-state index contributed by atoms with van der Waals surface area (Å²) < 4.78 is 46.2. The number of esters is 1. The van der Waals surface area contributed by atoms with Crippen molar-refractivity contribution >= 4 is 22.4 Å². The number of nitro groups is 1. The van der Waals surface area contributed by atoms with Crippen LogP contribution in [0.25, 0.3) is 16.5 Å². The van der Waals surface area contributed by atoms with E-state index in [9.17, 15) is 28.1 Å². The molecule has 0 fully saturated rings. The summed E-state index contributed by atoms with van der Waals surface area (Å²) in [5.41, 5.74) is -2.33. The largest absolute Gasteiger partial charge is 0.462 e. The zero-order valence-corrected chi connectivity index (χ0v) is 13.9. The van der Waals surface area contributed by atoms with Gasteiger partial charge in [0, 0.05) is 11.5 Å². The van der Waals surface area contributed by atoms with Crippen LogP contribution in [0.5, 0.6) is 0 Å².